The van der Waals surface area contributed by atoms with E-state index in [2.05, 4.69) is 10.1 Å². The lowest BCUT2D eigenvalue weighted by Gasteiger charge is -2.22. The van der Waals surface area contributed by atoms with Gasteiger partial charge in [-0.1, -0.05) is 23.4 Å². The molecule has 2 aromatic heterocycles. The molecule has 0 N–H and O–H groups in total. The first-order chi connectivity index (χ1) is 14.6. The normalized spacial score (nSPS) is 14.6. The Morgan fingerprint density at radius 1 is 1.07 bits per heavy atom. The average molecular weight is 428 g/mol. The topological polar surface area (TPSA) is 79.5 Å². The van der Waals surface area contributed by atoms with E-state index in [0.717, 1.165) is 4.88 Å². The maximum absolute atomic E-state index is 13.9. The molecule has 0 atom stereocenters. The van der Waals surface area contributed by atoms with Crippen molar-refractivity contribution in [3.8, 4) is 10.7 Å². The standard InChI is InChI=1S/C21H21FN4O3S/c22-16-6-2-1-5-15(16)21(28)26-11-4-10-25(12-13-26)19(27)9-8-18-23-20(24-29-18)17-7-3-14-30-17/h1-3,5-7,14H,4,8-13H2. The van der Waals surface area contributed by atoms with Crippen LogP contribution < -0.4 is 0 Å². The van der Waals surface area contributed by atoms with Gasteiger partial charge in [0.15, 0.2) is 0 Å². The van der Waals surface area contributed by atoms with Gasteiger partial charge in [-0.2, -0.15) is 4.98 Å². The Morgan fingerprint density at radius 2 is 1.87 bits per heavy atom. The average Bonchev–Trinajstić information content (AvgIpc) is 3.39. The predicted molar refractivity (Wildman–Crippen MR) is 109 cm³/mol. The van der Waals surface area contributed by atoms with E-state index >= 15 is 0 Å². The van der Waals surface area contributed by atoms with Gasteiger partial charge in [0.25, 0.3) is 5.91 Å². The van der Waals surface area contributed by atoms with Crippen LogP contribution in [-0.2, 0) is 11.2 Å². The van der Waals surface area contributed by atoms with Crippen molar-refractivity contribution in [2.75, 3.05) is 26.2 Å². The van der Waals surface area contributed by atoms with Crippen LogP contribution in [0.2, 0.25) is 0 Å². The fourth-order valence-corrected chi connectivity index (χ4v) is 4.06. The Kier molecular flexibility index (Phi) is 6.18. The first kappa shape index (κ1) is 20.2. The van der Waals surface area contributed by atoms with Crippen molar-refractivity contribution in [3.05, 3.63) is 59.0 Å². The van der Waals surface area contributed by atoms with Gasteiger partial charge in [0.05, 0.1) is 10.4 Å². The Morgan fingerprint density at radius 3 is 2.67 bits per heavy atom. The van der Waals surface area contributed by atoms with Gasteiger partial charge in [0, 0.05) is 39.0 Å². The Bertz CT molecular complexity index is 1020. The van der Waals surface area contributed by atoms with Gasteiger partial charge in [-0.05, 0) is 30.0 Å². The molecule has 0 spiro atoms. The highest BCUT2D eigenvalue weighted by Gasteiger charge is 2.24. The molecule has 1 fully saturated rings. The van der Waals surface area contributed by atoms with Gasteiger partial charge in [0.1, 0.15) is 5.82 Å². The highest BCUT2D eigenvalue weighted by molar-refractivity contribution is 7.13. The van der Waals surface area contributed by atoms with Gasteiger partial charge >= 0.3 is 0 Å². The molecule has 156 valence electrons. The van der Waals surface area contributed by atoms with E-state index in [9.17, 15) is 14.0 Å². The quantitative estimate of drug-likeness (QED) is 0.623. The molecule has 3 heterocycles. The zero-order valence-electron chi connectivity index (χ0n) is 16.3. The monoisotopic (exact) mass is 428 g/mol. The van der Waals surface area contributed by atoms with E-state index in [1.165, 1.54) is 23.5 Å². The summed E-state index contributed by atoms with van der Waals surface area (Å²) < 4.78 is 19.2. The van der Waals surface area contributed by atoms with Crippen LogP contribution in [0.15, 0.2) is 46.3 Å². The number of thiophene rings is 1. The summed E-state index contributed by atoms with van der Waals surface area (Å²) in [5.74, 6) is 0.0732. The van der Waals surface area contributed by atoms with Crippen LogP contribution in [0.25, 0.3) is 10.7 Å². The molecule has 1 saturated heterocycles. The minimum atomic E-state index is -0.527. The molecule has 0 saturated carbocycles. The number of rotatable bonds is 5. The summed E-state index contributed by atoms with van der Waals surface area (Å²) in [6.45, 7) is 1.85. The van der Waals surface area contributed by atoms with Crippen LogP contribution >= 0.6 is 11.3 Å². The number of hydrogen-bond acceptors (Lipinski definition) is 6. The molecule has 0 bridgehead atoms. The number of aromatic nitrogens is 2. The number of amides is 2. The number of aryl methyl sites for hydroxylation is 1. The van der Waals surface area contributed by atoms with Crippen LogP contribution in [0, 0.1) is 5.82 Å². The van der Waals surface area contributed by atoms with Crippen molar-refractivity contribution >= 4 is 23.2 Å². The second-order valence-electron chi connectivity index (χ2n) is 7.00. The first-order valence-corrected chi connectivity index (χ1v) is 10.7. The Labute approximate surface area is 177 Å². The number of halogens is 1. The molecular formula is C21H21FN4O3S. The molecule has 4 rings (SSSR count). The predicted octanol–water partition coefficient (Wildman–Crippen LogP) is 3.24. The number of carbonyl (C=O) groups excluding carboxylic acids is 2. The zero-order valence-corrected chi connectivity index (χ0v) is 17.1. The van der Waals surface area contributed by atoms with Crippen molar-refractivity contribution < 1.29 is 18.5 Å². The lowest BCUT2D eigenvalue weighted by molar-refractivity contribution is -0.131. The fourth-order valence-electron chi connectivity index (χ4n) is 3.41. The van der Waals surface area contributed by atoms with Gasteiger partial charge in [0.2, 0.25) is 17.6 Å². The van der Waals surface area contributed by atoms with Crippen molar-refractivity contribution in [2.45, 2.75) is 19.3 Å². The van der Waals surface area contributed by atoms with E-state index in [1.807, 2.05) is 17.5 Å². The molecule has 9 heteroatoms. The summed E-state index contributed by atoms with van der Waals surface area (Å²) in [6.07, 6.45) is 1.27. The van der Waals surface area contributed by atoms with Crippen molar-refractivity contribution in [1.29, 1.82) is 0 Å². The summed E-state index contributed by atoms with van der Waals surface area (Å²) in [7, 11) is 0. The second kappa shape index (κ2) is 9.17. The van der Waals surface area contributed by atoms with Crippen LogP contribution in [0.1, 0.15) is 29.1 Å². The first-order valence-electron chi connectivity index (χ1n) is 9.80. The smallest absolute Gasteiger partial charge is 0.256 e. The van der Waals surface area contributed by atoms with E-state index < -0.39 is 5.82 Å². The third-order valence-corrected chi connectivity index (χ3v) is 5.87. The molecule has 30 heavy (non-hydrogen) atoms. The summed E-state index contributed by atoms with van der Waals surface area (Å²) in [5, 5.41) is 5.89. The maximum Gasteiger partial charge on any atom is 0.256 e. The molecule has 1 aromatic carbocycles. The van der Waals surface area contributed by atoms with E-state index in [-0.39, 0.29) is 23.8 Å². The van der Waals surface area contributed by atoms with Crippen molar-refractivity contribution in [1.82, 2.24) is 19.9 Å². The highest BCUT2D eigenvalue weighted by atomic mass is 32.1. The minimum absolute atomic E-state index is 0.0222. The van der Waals surface area contributed by atoms with Crippen molar-refractivity contribution in [3.63, 3.8) is 0 Å². The summed E-state index contributed by atoms with van der Waals surface area (Å²) in [4.78, 5) is 33.9. The molecule has 0 unspecified atom stereocenters. The molecule has 0 aliphatic carbocycles. The Balaban J connectivity index is 1.30. The number of nitrogens with zero attached hydrogens (tertiary/aromatic N) is 4. The second-order valence-corrected chi connectivity index (χ2v) is 7.94. The fraction of sp³-hybridized carbons (Fsp3) is 0.333. The molecule has 1 aliphatic heterocycles. The third kappa shape index (κ3) is 4.56. The molecular weight excluding hydrogens is 407 g/mol. The van der Waals surface area contributed by atoms with Crippen LogP contribution in [0.3, 0.4) is 0 Å². The third-order valence-electron chi connectivity index (χ3n) is 5.00. The molecule has 3 aromatic rings. The lowest BCUT2D eigenvalue weighted by atomic mass is 10.2. The minimum Gasteiger partial charge on any atom is -0.341 e. The summed E-state index contributed by atoms with van der Waals surface area (Å²) >= 11 is 1.52. The van der Waals surface area contributed by atoms with Gasteiger partial charge in [-0.25, -0.2) is 4.39 Å². The van der Waals surface area contributed by atoms with E-state index in [1.54, 1.807) is 21.9 Å². The molecule has 1 aliphatic rings. The summed E-state index contributed by atoms with van der Waals surface area (Å²) in [6, 6.07) is 9.80. The Hall–Kier alpha value is -3.07. The number of benzene rings is 1. The zero-order chi connectivity index (χ0) is 20.9. The van der Waals surface area contributed by atoms with E-state index in [4.69, 9.17) is 4.52 Å². The lowest BCUT2D eigenvalue weighted by Crippen LogP contribution is -2.37. The SMILES string of the molecule is O=C(CCc1nc(-c2cccs2)no1)N1CCCN(C(=O)c2ccccc2F)CC1. The van der Waals surface area contributed by atoms with Crippen LogP contribution in [0.5, 0.6) is 0 Å². The van der Waals surface area contributed by atoms with Gasteiger partial charge < -0.3 is 14.3 Å². The summed E-state index contributed by atoms with van der Waals surface area (Å²) in [5.41, 5.74) is 0.0650. The molecule has 2 amide bonds. The number of hydrogen-bond donors (Lipinski definition) is 0. The number of carbonyl (C=O) groups is 2. The van der Waals surface area contributed by atoms with Crippen LogP contribution in [0.4, 0.5) is 4.39 Å². The van der Waals surface area contributed by atoms with Gasteiger partial charge in [-0.3, -0.25) is 9.59 Å². The van der Waals surface area contributed by atoms with Crippen LogP contribution in [-0.4, -0.2) is 57.9 Å². The largest absolute Gasteiger partial charge is 0.341 e. The van der Waals surface area contributed by atoms with E-state index in [0.29, 0.717) is 50.7 Å². The van der Waals surface area contributed by atoms with Crippen molar-refractivity contribution in [2.24, 2.45) is 0 Å². The molecule has 7 nitrogen and oxygen atoms in total. The van der Waals surface area contributed by atoms with Gasteiger partial charge in [-0.15, -0.1) is 11.3 Å². The molecule has 0 radical (unpaired) electrons. The highest BCUT2D eigenvalue weighted by Crippen LogP contribution is 2.21. The maximum atomic E-state index is 13.9.